The van der Waals surface area contributed by atoms with Crippen molar-refractivity contribution in [2.24, 2.45) is 17.1 Å². The Bertz CT molecular complexity index is 401. The number of benzene rings is 1. The van der Waals surface area contributed by atoms with Gasteiger partial charge in [-0.3, -0.25) is 0 Å². The molecule has 3 heteroatoms. The molecule has 1 aliphatic heterocycles. The third-order valence-corrected chi connectivity index (χ3v) is 5.83. The van der Waals surface area contributed by atoms with E-state index >= 15 is 0 Å². The van der Waals surface area contributed by atoms with Gasteiger partial charge in [-0.25, -0.2) is 0 Å². The van der Waals surface area contributed by atoms with Gasteiger partial charge in [0, 0.05) is 22.1 Å². The lowest BCUT2D eigenvalue weighted by atomic mass is 9.78. The molecule has 1 aromatic carbocycles. The van der Waals surface area contributed by atoms with Crippen LogP contribution in [0.4, 0.5) is 0 Å². The van der Waals surface area contributed by atoms with E-state index in [4.69, 9.17) is 5.73 Å². The quantitative estimate of drug-likeness (QED) is 0.857. The number of nitrogens with two attached hydrogens (primary N) is 1. The van der Waals surface area contributed by atoms with Gasteiger partial charge < -0.3 is 10.8 Å². The Kier molecular flexibility index (Phi) is 3.39. The van der Waals surface area contributed by atoms with Crippen LogP contribution in [0.15, 0.2) is 29.2 Å². The maximum Gasteiger partial charge on any atom is 0.0502 e. The Morgan fingerprint density at radius 2 is 2.11 bits per heavy atom. The second-order valence-corrected chi connectivity index (χ2v) is 7.10. The normalized spacial score (nSPS) is 25.8. The number of aliphatic hydroxyl groups excluding tert-OH is 1. The van der Waals surface area contributed by atoms with Gasteiger partial charge in [-0.1, -0.05) is 18.2 Å². The smallest absolute Gasteiger partial charge is 0.0502 e. The first kappa shape index (κ1) is 12.5. The van der Waals surface area contributed by atoms with Gasteiger partial charge in [-0.2, -0.15) is 0 Å². The Hall–Kier alpha value is -0.510. The van der Waals surface area contributed by atoms with E-state index in [1.54, 1.807) is 0 Å². The Morgan fingerprint density at radius 1 is 1.33 bits per heavy atom. The van der Waals surface area contributed by atoms with Crippen LogP contribution in [0.3, 0.4) is 0 Å². The maximum absolute atomic E-state index is 9.77. The monoisotopic (exact) mass is 263 g/mol. The number of aliphatic hydroxyl groups is 1. The van der Waals surface area contributed by atoms with Crippen LogP contribution >= 0.6 is 11.8 Å². The van der Waals surface area contributed by atoms with Gasteiger partial charge in [0.15, 0.2) is 0 Å². The summed E-state index contributed by atoms with van der Waals surface area (Å²) in [7, 11) is 0. The molecule has 0 amide bonds. The third kappa shape index (κ3) is 2.20. The molecule has 1 fully saturated rings. The van der Waals surface area contributed by atoms with E-state index in [0.717, 1.165) is 12.8 Å². The van der Waals surface area contributed by atoms with Crippen molar-refractivity contribution in [2.45, 2.75) is 35.8 Å². The van der Waals surface area contributed by atoms with Gasteiger partial charge in [0.2, 0.25) is 0 Å². The van der Waals surface area contributed by atoms with Crippen LogP contribution in [0.5, 0.6) is 0 Å². The zero-order chi connectivity index (χ0) is 12.6. The average Bonchev–Trinajstić information content (AvgIpc) is 3.17. The minimum Gasteiger partial charge on any atom is -0.396 e. The van der Waals surface area contributed by atoms with E-state index in [1.165, 1.54) is 23.3 Å². The van der Waals surface area contributed by atoms with E-state index in [1.807, 2.05) is 11.8 Å². The summed E-state index contributed by atoms with van der Waals surface area (Å²) in [6.45, 7) is 0.878. The molecule has 1 heterocycles. The van der Waals surface area contributed by atoms with Gasteiger partial charge in [0.25, 0.3) is 0 Å². The fraction of sp³-hybridized carbons (Fsp3) is 0.600. The lowest BCUT2D eigenvalue weighted by Crippen LogP contribution is -2.39. The molecule has 1 saturated carbocycles. The molecule has 3 N–H and O–H groups in total. The molecule has 3 rings (SSSR count). The van der Waals surface area contributed by atoms with Crippen molar-refractivity contribution in [3.8, 4) is 0 Å². The van der Waals surface area contributed by atoms with Crippen molar-refractivity contribution in [3.05, 3.63) is 29.8 Å². The molecular weight excluding hydrogens is 242 g/mol. The fourth-order valence-electron chi connectivity index (χ4n) is 3.19. The van der Waals surface area contributed by atoms with E-state index < -0.39 is 0 Å². The molecule has 2 unspecified atom stereocenters. The summed E-state index contributed by atoms with van der Waals surface area (Å²) in [5, 5.41) is 10.4. The van der Waals surface area contributed by atoms with Crippen molar-refractivity contribution in [2.75, 3.05) is 13.2 Å². The highest BCUT2D eigenvalue weighted by Crippen LogP contribution is 2.51. The molecule has 18 heavy (non-hydrogen) atoms. The highest BCUT2D eigenvalue weighted by atomic mass is 32.2. The van der Waals surface area contributed by atoms with Gasteiger partial charge in [-0.05, 0) is 43.2 Å². The maximum atomic E-state index is 9.77. The van der Waals surface area contributed by atoms with Gasteiger partial charge in [0.1, 0.15) is 0 Å². The number of fused-ring (bicyclic) bond motifs is 1. The summed E-state index contributed by atoms with van der Waals surface area (Å²) in [5.74, 6) is 0.664. The first-order chi connectivity index (χ1) is 8.77. The summed E-state index contributed by atoms with van der Waals surface area (Å²) in [6.07, 6.45) is 4.70. The summed E-state index contributed by atoms with van der Waals surface area (Å²) < 4.78 is 0. The molecular formula is C15H21NOS. The Balaban J connectivity index is 1.71. The van der Waals surface area contributed by atoms with Crippen molar-refractivity contribution >= 4 is 11.8 Å². The largest absolute Gasteiger partial charge is 0.396 e. The molecule has 2 atom stereocenters. The van der Waals surface area contributed by atoms with Crippen LogP contribution < -0.4 is 5.73 Å². The van der Waals surface area contributed by atoms with Gasteiger partial charge in [0.05, 0.1) is 6.61 Å². The number of thioether (sulfide) groups is 1. The SMILES string of the molecule is NCC(CO)(CC1Cc2ccccc2S1)C1CC1. The zero-order valence-electron chi connectivity index (χ0n) is 10.6. The zero-order valence-corrected chi connectivity index (χ0v) is 11.5. The predicted octanol–water partition coefficient (Wildman–Crippen LogP) is 2.44. The summed E-state index contributed by atoms with van der Waals surface area (Å²) >= 11 is 1.97. The molecule has 98 valence electrons. The third-order valence-electron chi connectivity index (χ3n) is 4.51. The van der Waals surface area contributed by atoms with E-state index in [9.17, 15) is 5.11 Å². The van der Waals surface area contributed by atoms with Gasteiger partial charge in [-0.15, -0.1) is 11.8 Å². The Labute approximate surface area is 113 Å². The van der Waals surface area contributed by atoms with Crippen molar-refractivity contribution in [1.29, 1.82) is 0 Å². The van der Waals surface area contributed by atoms with Crippen molar-refractivity contribution in [1.82, 2.24) is 0 Å². The second kappa shape index (κ2) is 4.87. The second-order valence-electron chi connectivity index (χ2n) is 5.75. The fourth-order valence-corrected chi connectivity index (χ4v) is 4.69. The molecule has 0 radical (unpaired) electrons. The highest BCUT2D eigenvalue weighted by Gasteiger charge is 2.45. The molecule has 0 bridgehead atoms. The molecule has 1 aromatic rings. The molecule has 2 nitrogen and oxygen atoms in total. The summed E-state index contributed by atoms with van der Waals surface area (Å²) in [4.78, 5) is 1.42. The summed E-state index contributed by atoms with van der Waals surface area (Å²) in [5.41, 5.74) is 7.42. The minimum atomic E-state index is -0.0142. The molecule has 2 aliphatic rings. The molecule has 0 spiro atoms. The number of hydrogen-bond acceptors (Lipinski definition) is 3. The predicted molar refractivity (Wildman–Crippen MR) is 75.7 cm³/mol. The van der Waals surface area contributed by atoms with Crippen LogP contribution in [0.2, 0.25) is 0 Å². The highest BCUT2D eigenvalue weighted by molar-refractivity contribution is 8.00. The van der Waals surface area contributed by atoms with Crippen LogP contribution in [-0.4, -0.2) is 23.5 Å². The summed E-state index contributed by atoms with van der Waals surface area (Å²) in [6, 6.07) is 8.66. The van der Waals surface area contributed by atoms with Crippen molar-refractivity contribution in [3.63, 3.8) is 0 Å². The molecule has 1 aliphatic carbocycles. The Morgan fingerprint density at radius 3 is 2.72 bits per heavy atom. The van der Waals surface area contributed by atoms with E-state index in [0.29, 0.717) is 17.7 Å². The number of rotatable bonds is 5. The van der Waals surface area contributed by atoms with E-state index in [2.05, 4.69) is 24.3 Å². The lowest BCUT2D eigenvalue weighted by molar-refractivity contribution is 0.0990. The van der Waals surface area contributed by atoms with Crippen molar-refractivity contribution < 1.29 is 5.11 Å². The van der Waals surface area contributed by atoms with E-state index in [-0.39, 0.29) is 12.0 Å². The first-order valence-electron chi connectivity index (χ1n) is 6.83. The topological polar surface area (TPSA) is 46.2 Å². The standard InChI is InChI=1S/C15H21NOS/c16-9-15(10-17,12-5-6-12)8-13-7-11-3-1-2-4-14(11)18-13/h1-4,12-13,17H,5-10,16H2. The number of hydrogen-bond donors (Lipinski definition) is 2. The van der Waals surface area contributed by atoms with Crippen LogP contribution in [-0.2, 0) is 6.42 Å². The molecule has 0 saturated heterocycles. The average molecular weight is 263 g/mol. The minimum absolute atomic E-state index is 0.0142. The first-order valence-corrected chi connectivity index (χ1v) is 7.71. The lowest BCUT2D eigenvalue weighted by Gasteiger charge is -2.33. The van der Waals surface area contributed by atoms with Crippen LogP contribution in [0.1, 0.15) is 24.8 Å². The van der Waals surface area contributed by atoms with Crippen LogP contribution in [0, 0.1) is 11.3 Å². The molecule has 0 aromatic heterocycles. The van der Waals surface area contributed by atoms with Gasteiger partial charge >= 0.3 is 0 Å². The van der Waals surface area contributed by atoms with Crippen LogP contribution in [0.25, 0.3) is 0 Å².